The zero-order chi connectivity index (χ0) is 29.3. The average molecular weight is 576 g/mol. The lowest BCUT2D eigenvalue weighted by molar-refractivity contribution is -0.385. The summed E-state index contributed by atoms with van der Waals surface area (Å²) >= 11 is 0.776. The third-order valence-corrected chi connectivity index (χ3v) is 8.46. The van der Waals surface area contributed by atoms with Crippen molar-refractivity contribution in [2.24, 2.45) is 0 Å². The lowest BCUT2D eigenvalue weighted by Gasteiger charge is -2.24. The average Bonchev–Trinajstić information content (AvgIpc) is 3.38. The summed E-state index contributed by atoms with van der Waals surface area (Å²) in [5, 5.41) is 26.2. The number of rotatable bonds is 8. The lowest BCUT2D eigenvalue weighted by Crippen LogP contribution is -2.27. The van der Waals surface area contributed by atoms with Crippen LogP contribution >= 0.6 is 11.8 Å². The summed E-state index contributed by atoms with van der Waals surface area (Å²) in [7, 11) is 0. The van der Waals surface area contributed by atoms with Gasteiger partial charge in [-0.25, -0.2) is 0 Å². The number of nitrogens with zero attached hydrogens (tertiary/aromatic N) is 4. The van der Waals surface area contributed by atoms with Crippen molar-refractivity contribution in [2.75, 3.05) is 5.32 Å². The highest BCUT2D eigenvalue weighted by Crippen LogP contribution is 2.36. The van der Waals surface area contributed by atoms with Gasteiger partial charge in [0, 0.05) is 35.1 Å². The van der Waals surface area contributed by atoms with Gasteiger partial charge >= 0.3 is 0 Å². The van der Waals surface area contributed by atoms with Gasteiger partial charge in [-0.05, 0) is 68.3 Å². The highest BCUT2D eigenvalue weighted by molar-refractivity contribution is 8.18. The lowest BCUT2D eigenvalue weighted by atomic mass is 9.95. The molecule has 0 spiro atoms. The summed E-state index contributed by atoms with van der Waals surface area (Å²) < 4.78 is 1.88. The number of hydrogen-bond donors (Lipinski definition) is 1. The first-order chi connectivity index (χ1) is 19.6. The molecule has 0 atom stereocenters. The predicted molar refractivity (Wildman–Crippen MR) is 157 cm³/mol. The fraction of sp³-hybridized carbons (Fsp3) is 0.310. The normalized spacial score (nSPS) is 16.9. The van der Waals surface area contributed by atoms with Crippen LogP contribution in [0, 0.1) is 34.1 Å². The molecule has 1 saturated heterocycles. The minimum Gasteiger partial charge on any atom is -0.377 e. The van der Waals surface area contributed by atoms with Crippen molar-refractivity contribution in [3.8, 4) is 5.69 Å². The monoisotopic (exact) mass is 575 g/mol. The molecule has 41 heavy (non-hydrogen) atoms. The molecule has 1 saturated carbocycles. The van der Waals surface area contributed by atoms with E-state index in [9.17, 15) is 29.8 Å². The molecule has 5 rings (SSSR count). The zero-order valence-electron chi connectivity index (χ0n) is 22.7. The molecular weight excluding hydrogens is 546 g/mol. The summed E-state index contributed by atoms with van der Waals surface area (Å²) in [6.07, 6.45) is 7.02. The first-order valence-electron chi connectivity index (χ1n) is 13.4. The number of amides is 2. The van der Waals surface area contributed by atoms with Gasteiger partial charge in [-0.1, -0.05) is 37.5 Å². The number of para-hydroxylation sites is 1. The molecule has 1 N–H and O–H groups in total. The van der Waals surface area contributed by atoms with Crippen LogP contribution in [-0.2, 0) is 11.3 Å². The Bertz CT molecular complexity index is 1590. The van der Waals surface area contributed by atoms with Crippen LogP contribution in [0.15, 0.2) is 53.4 Å². The predicted octanol–water partition coefficient (Wildman–Crippen LogP) is 6.89. The summed E-state index contributed by atoms with van der Waals surface area (Å²) in [6, 6.07) is 13.2. The molecule has 12 heteroatoms. The molecule has 0 radical (unpaired) electrons. The second kappa shape index (κ2) is 11.6. The molecule has 1 aliphatic heterocycles. The van der Waals surface area contributed by atoms with Gasteiger partial charge in [0.25, 0.3) is 22.5 Å². The van der Waals surface area contributed by atoms with E-state index in [4.69, 9.17) is 0 Å². The number of aromatic nitrogens is 1. The van der Waals surface area contributed by atoms with Crippen molar-refractivity contribution in [2.45, 2.75) is 58.5 Å². The molecule has 1 aromatic heterocycles. The van der Waals surface area contributed by atoms with E-state index in [1.807, 2.05) is 30.5 Å². The first kappa shape index (κ1) is 28.1. The van der Waals surface area contributed by atoms with Crippen LogP contribution in [0.25, 0.3) is 11.8 Å². The number of carbonyl (C=O) groups excluding carboxylic acids is 2. The maximum Gasteiger partial charge on any atom is 0.294 e. The Labute approximate surface area is 240 Å². The van der Waals surface area contributed by atoms with Gasteiger partial charge in [-0.3, -0.25) is 34.7 Å². The molecule has 0 bridgehead atoms. The fourth-order valence-corrected chi connectivity index (χ4v) is 6.33. The van der Waals surface area contributed by atoms with Crippen LogP contribution in [0.2, 0.25) is 0 Å². The standard InChI is InChI=1S/C29H29N5O6S/c1-18-14-21(15-27-28(35)31(29(36)41-27)17-20-8-6-7-11-25(20)33(37)38)19(2)32(18)23-12-13-24(26(16-23)34(39)40)30-22-9-4-3-5-10-22/h6-8,11-16,22,30H,3-5,9-10,17H2,1-2H3/b27-15-. The Morgan fingerprint density at radius 2 is 1.68 bits per heavy atom. The van der Waals surface area contributed by atoms with Gasteiger partial charge in [-0.2, -0.15) is 0 Å². The SMILES string of the molecule is Cc1cc(/C=C2\SC(=O)N(Cc3ccccc3[N+](=O)[O-])C2=O)c(C)n1-c1ccc(NC2CCCCC2)c([N+](=O)[O-])c1. The summed E-state index contributed by atoms with van der Waals surface area (Å²) in [5.74, 6) is -0.531. The van der Waals surface area contributed by atoms with E-state index in [1.165, 1.54) is 24.6 Å². The zero-order valence-corrected chi connectivity index (χ0v) is 23.5. The smallest absolute Gasteiger partial charge is 0.294 e. The minimum absolute atomic E-state index is 0.00162. The largest absolute Gasteiger partial charge is 0.377 e. The number of nitro groups is 2. The molecule has 11 nitrogen and oxygen atoms in total. The highest BCUT2D eigenvalue weighted by atomic mass is 32.2. The molecule has 2 heterocycles. The molecule has 1 aliphatic carbocycles. The number of nitro benzene ring substituents is 2. The number of imide groups is 1. The van der Waals surface area contributed by atoms with E-state index in [0.29, 0.717) is 16.9 Å². The van der Waals surface area contributed by atoms with Gasteiger partial charge < -0.3 is 9.88 Å². The second-order valence-electron chi connectivity index (χ2n) is 10.3. The molecule has 2 aromatic carbocycles. The number of aryl methyl sites for hydroxylation is 1. The maximum atomic E-state index is 13.2. The summed E-state index contributed by atoms with van der Waals surface area (Å²) in [4.78, 5) is 49.5. The molecule has 2 amide bonds. The van der Waals surface area contributed by atoms with E-state index < -0.39 is 16.1 Å². The van der Waals surface area contributed by atoms with Gasteiger partial charge in [0.05, 0.1) is 27.0 Å². The van der Waals surface area contributed by atoms with Crippen LogP contribution in [0.5, 0.6) is 0 Å². The van der Waals surface area contributed by atoms with Crippen molar-refractivity contribution in [1.82, 2.24) is 9.47 Å². The Kier molecular flexibility index (Phi) is 7.93. The van der Waals surface area contributed by atoms with Crippen molar-refractivity contribution < 1.29 is 19.4 Å². The number of thioether (sulfide) groups is 1. The van der Waals surface area contributed by atoms with Gasteiger partial charge in [-0.15, -0.1) is 0 Å². The third-order valence-electron chi connectivity index (χ3n) is 7.55. The molecular formula is C29H29N5O6S. The Balaban J connectivity index is 1.41. The van der Waals surface area contributed by atoms with E-state index in [2.05, 4.69) is 5.32 Å². The van der Waals surface area contributed by atoms with Crippen molar-refractivity contribution in [3.63, 3.8) is 0 Å². The molecule has 212 valence electrons. The number of hydrogen-bond acceptors (Lipinski definition) is 8. The van der Waals surface area contributed by atoms with Crippen LogP contribution in [0.3, 0.4) is 0 Å². The summed E-state index contributed by atoms with van der Waals surface area (Å²) in [5.41, 5.74) is 3.45. The number of benzene rings is 2. The van der Waals surface area contributed by atoms with Crippen LogP contribution in [0.1, 0.15) is 54.6 Å². The van der Waals surface area contributed by atoms with E-state index >= 15 is 0 Å². The maximum absolute atomic E-state index is 13.2. The van der Waals surface area contributed by atoms with E-state index in [0.717, 1.165) is 53.7 Å². The van der Waals surface area contributed by atoms with Crippen molar-refractivity contribution in [3.05, 3.63) is 96.2 Å². The Morgan fingerprint density at radius 1 is 0.976 bits per heavy atom. The third kappa shape index (κ3) is 5.73. The topological polar surface area (TPSA) is 141 Å². The van der Waals surface area contributed by atoms with Crippen LogP contribution in [-0.4, -0.2) is 36.5 Å². The van der Waals surface area contributed by atoms with E-state index in [1.54, 1.807) is 24.3 Å². The van der Waals surface area contributed by atoms with Gasteiger partial charge in [0.1, 0.15) is 5.69 Å². The number of anilines is 1. The first-order valence-corrected chi connectivity index (χ1v) is 14.2. The molecule has 3 aromatic rings. The van der Waals surface area contributed by atoms with Crippen LogP contribution in [0.4, 0.5) is 21.9 Å². The Hall–Kier alpha value is -4.45. The fourth-order valence-electron chi connectivity index (χ4n) is 5.50. The van der Waals surface area contributed by atoms with Crippen LogP contribution < -0.4 is 5.32 Å². The second-order valence-corrected chi connectivity index (χ2v) is 11.2. The van der Waals surface area contributed by atoms with Gasteiger partial charge in [0.15, 0.2) is 0 Å². The Morgan fingerprint density at radius 3 is 2.39 bits per heavy atom. The van der Waals surface area contributed by atoms with Gasteiger partial charge in [0.2, 0.25) is 0 Å². The van der Waals surface area contributed by atoms with Crippen molar-refractivity contribution in [1.29, 1.82) is 0 Å². The molecule has 2 fully saturated rings. The number of carbonyl (C=O) groups is 2. The summed E-state index contributed by atoms with van der Waals surface area (Å²) in [6.45, 7) is 3.50. The highest BCUT2D eigenvalue weighted by Gasteiger charge is 2.36. The quantitative estimate of drug-likeness (QED) is 0.174. The molecule has 0 unspecified atom stereocenters. The minimum atomic E-state index is -0.540. The van der Waals surface area contributed by atoms with E-state index in [-0.39, 0.29) is 39.4 Å². The number of nitrogens with one attached hydrogen (secondary N) is 1. The molecule has 2 aliphatic rings. The van der Waals surface area contributed by atoms with Crippen molar-refractivity contribution >= 4 is 46.0 Å².